The minimum absolute atomic E-state index is 0.0983. The Labute approximate surface area is 131 Å². The van der Waals surface area contributed by atoms with E-state index in [-0.39, 0.29) is 18.9 Å². The van der Waals surface area contributed by atoms with E-state index in [9.17, 15) is 14.4 Å². The van der Waals surface area contributed by atoms with Gasteiger partial charge in [-0.2, -0.15) is 5.10 Å². The highest BCUT2D eigenvalue weighted by Crippen LogP contribution is 2.24. The fourth-order valence-corrected chi connectivity index (χ4v) is 2.71. The SMILES string of the molecule is O=C(O)Cn1nc(C2CCOCC2)nc1C[C@@H]1NC(=O)NC1=O. The van der Waals surface area contributed by atoms with Crippen LogP contribution in [0.1, 0.15) is 30.4 Å². The van der Waals surface area contributed by atoms with Gasteiger partial charge in [0.25, 0.3) is 5.91 Å². The van der Waals surface area contributed by atoms with Crippen LogP contribution in [0.2, 0.25) is 0 Å². The second-order valence-corrected chi connectivity index (χ2v) is 5.54. The summed E-state index contributed by atoms with van der Waals surface area (Å²) in [5.74, 6) is -0.447. The van der Waals surface area contributed by atoms with Crippen LogP contribution in [0.4, 0.5) is 4.79 Å². The van der Waals surface area contributed by atoms with Crippen molar-refractivity contribution in [1.82, 2.24) is 25.4 Å². The molecule has 0 unspecified atom stereocenters. The number of imide groups is 1. The summed E-state index contributed by atoms with van der Waals surface area (Å²) in [4.78, 5) is 38.2. The number of nitrogens with zero attached hydrogens (tertiary/aromatic N) is 3. The molecular weight excluding hydrogens is 306 g/mol. The van der Waals surface area contributed by atoms with Crippen molar-refractivity contribution in [3.8, 4) is 0 Å². The van der Waals surface area contributed by atoms with Gasteiger partial charge in [0.05, 0.1) is 0 Å². The summed E-state index contributed by atoms with van der Waals surface area (Å²) < 4.78 is 6.58. The molecule has 2 fully saturated rings. The Kier molecular flexibility index (Phi) is 4.24. The predicted octanol–water partition coefficient (Wildman–Crippen LogP) is -0.993. The third kappa shape index (κ3) is 3.47. The van der Waals surface area contributed by atoms with E-state index in [4.69, 9.17) is 9.84 Å². The first kappa shape index (κ1) is 15.4. The molecule has 3 heterocycles. The van der Waals surface area contributed by atoms with Crippen molar-refractivity contribution < 1.29 is 24.2 Å². The number of ether oxygens (including phenoxy) is 1. The topological polar surface area (TPSA) is 135 Å². The first-order valence-electron chi connectivity index (χ1n) is 7.37. The fourth-order valence-electron chi connectivity index (χ4n) is 2.71. The van der Waals surface area contributed by atoms with Crippen LogP contribution >= 0.6 is 0 Å². The molecule has 3 rings (SSSR count). The van der Waals surface area contributed by atoms with Crippen molar-refractivity contribution >= 4 is 17.9 Å². The van der Waals surface area contributed by atoms with Crippen LogP contribution in [0.5, 0.6) is 0 Å². The summed E-state index contributed by atoms with van der Waals surface area (Å²) in [5, 5.41) is 17.9. The zero-order valence-electron chi connectivity index (χ0n) is 12.3. The van der Waals surface area contributed by atoms with E-state index in [1.807, 2.05) is 0 Å². The summed E-state index contributed by atoms with van der Waals surface area (Å²) in [6, 6.07) is -1.32. The number of aromatic nitrogens is 3. The van der Waals surface area contributed by atoms with Gasteiger partial charge in [0.15, 0.2) is 5.82 Å². The number of urea groups is 1. The molecule has 0 spiro atoms. The van der Waals surface area contributed by atoms with Gasteiger partial charge < -0.3 is 15.2 Å². The lowest BCUT2D eigenvalue weighted by atomic mass is 10.00. The lowest BCUT2D eigenvalue weighted by Gasteiger charge is -2.18. The Morgan fingerprint density at radius 3 is 2.70 bits per heavy atom. The molecule has 10 heteroatoms. The molecule has 0 aliphatic carbocycles. The zero-order chi connectivity index (χ0) is 16.4. The number of nitrogens with one attached hydrogen (secondary N) is 2. The van der Waals surface area contributed by atoms with Crippen LogP contribution in [0, 0.1) is 0 Å². The van der Waals surface area contributed by atoms with Crippen LogP contribution in [0.15, 0.2) is 0 Å². The molecule has 10 nitrogen and oxygen atoms in total. The second-order valence-electron chi connectivity index (χ2n) is 5.54. The molecular formula is C13H17N5O5. The number of hydrogen-bond donors (Lipinski definition) is 3. The lowest BCUT2D eigenvalue weighted by molar-refractivity contribution is -0.138. The van der Waals surface area contributed by atoms with Gasteiger partial charge in [-0.1, -0.05) is 0 Å². The maximum absolute atomic E-state index is 11.6. The van der Waals surface area contributed by atoms with Gasteiger partial charge >= 0.3 is 12.0 Å². The summed E-state index contributed by atoms with van der Waals surface area (Å²) in [6.45, 7) is 0.900. The van der Waals surface area contributed by atoms with E-state index < -0.39 is 23.9 Å². The largest absolute Gasteiger partial charge is 0.480 e. The van der Waals surface area contributed by atoms with Gasteiger partial charge in [-0.15, -0.1) is 0 Å². The average molecular weight is 323 g/mol. The number of hydrogen-bond acceptors (Lipinski definition) is 6. The van der Waals surface area contributed by atoms with Gasteiger partial charge in [0, 0.05) is 25.6 Å². The third-order valence-corrected chi connectivity index (χ3v) is 3.88. The normalized spacial score (nSPS) is 22.0. The van der Waals surface area contributed by atoms with Gasteiger partial charge in [0.2, 0.25) is 0 Å². The number of carboxylic acid groups (broad SMARTS) is 1. The first-order chi connectivity index (χ1) is 11.0. The van der Waals surface area contributed by atoms with E-state index in [1.54, 1.807) is 0 Å². The van der Waals surface area contributed by atoms with Crippen LogP contribution in [-0.4, -0.2) is 57.0 Å². The lowest BCUT2D eigenvalue weighted by Crippen LogP contribution is -2.32. The van der Waals surface area contributed by atoms with Crippen LogP contribution in [-0.2, 0) is 27.3 Å². The van der Waals surface area contributed by atoms with E-state index in [0.717, 1.165) is 12.8 Å². The van der Waals surface area contributed by atoms with Crippen molar-refractivity contribution in [2.75, 3.05) is 13.2 Å². The molecule has 124 valence electrons. The van der Waals surface area contributed by atoms with Crippen molar-refractivity contribution in [1.29, 1.82) is 0 Å². The number of carbonyl (C=O) groups excluding carboxylic acids is 2. The summed E-state index contributed by atoms with van der Waals surface area (Å²) in [6.07, 6.45) is 1.65. The van der Waals surface area contributed by atoms with E-state index in [0.29, 0.717) is 24.9 Å². The molecule has 3 N–H and O–H groups in total. The number of carboxylic acids is 1. The van der Waals surface area contributed by atoms with Crippen molar-refractivity contribution in [3.05, 3.63) is 11.6 Å². The van der Waals surface area contributed by atoms with E-state index >= 15 is 0 Å². The Bertz CT molecular complexity index is 637. The molecule has 0 aromatic carbocycles. The molecule has 1 aromatic rings. The quantitative estimate of drug-likeness (QED) is 0.592. The predicted molar refractivity (Wildman–Crippen MR) is 74.6 cm³/mol. The number of carbonyl (C=O) groups is 3. The van der Waals surface area contributed by atoms with Crippen molar-refractivity contribution in [2.45, 2.75) is 37.8 Å². The van der Waals surface area contributed by atoms with Crippen LogP contribution < -0.4 is 10.6 Å². The third-order valence-electron chi connectivity index (χ3n) is 3.88. The smallest absolute Gasteiger partial charge is 0.325 e. The molecule has 0 bridgehead atoms. The van der Waals surface area contributed by atoms with Crippen LogP contribution in [0.3, 0.4) is 0 Å². The van der Waals surface area contributed by atoms with Gasteiger partial charge in [0.1, 0.15) is 18.4 Å². The standard InChI is InChI=1S/C13H17N5O5/c19-10(20)6-18-9(5-8-12(21)16-13(22)14-8)15-11(17-18)7-1-3-23-4-2-7/h7-8H,1-6H2,(H,19,20)(H2,14,16,21,22)/t8-/m0/s1. The average Bonchev–Trinajstić information content (AvgIpc) is 3.03. The number of rotatable bonds is 5. The minimum atomic E-state index is -1.05. The number of aliphatic carboxylic acids is 1. The van der Waals surface area contributed by atoms with E-state index in [2.05, 4.69) is 20.7 Å². The zero-order valence-corrected chi connectivity index (χ0v) is 12.3. The molecule has 2 aliphatic heterocycles. The molecule has 2 saturated heterocycles. The monoisotopic (exact) mass is 323 g/mol. The molecule has 2 aliphatic rings. The Hall–Kier alpha value is -2.49. The minimum Gasteiger partial charge on any atom is -0.480 e. The first-order valence-corrected chi connectivity index (χ1v) is 7.37. The highest BCUT2D eigenvalue weighted by molar-refractivity contribution is 6.04. The second kappa shape index (κ2) is 6.32. The Balaban J connectivity index is 1.81. The van der Waals surface area contributed by atoms with Crippen LogP contribution in [0.25, 0.3) is 0 Å². The highest BCUT2D eigenvalue weighted by atomic mass is 16.5. The number of amides is 3. The summed E-state index contributed by atoms with van der Waals surface area (Å²) in [5.41, 5.74) is 0. The van der Waals surface area contributed by atoms with Gasteiger partial charge in [-0.3, -0.25) is 14.9 Å². The molecule has 23 heavy (non-hydrogen) atoms. The Morgan fingerprint density at radius 1 is 1.35 bits per heavy atom. The van der Waals surface area contributed by atoms with Gasteiger partial charge in [-0.25, -0.2) is 14.5 Å². The molecule has 0 radical (unpaired) electrons. The maximum Gasteiger partial charge on any atom is 0.325 e. The maximum atomic E-state index is 11.6. The highest BCUT2D eigenvalue weighted by Gasteiger charge is 2.32. The van der Waals surface area contributed by atoms with Gasteiger partial charge in [-0.05, 0) is 12.8 Å². The van der Waals surface area contributed by atoms with E-state index in [1.165, 1.54) is 4.68 Å². The molecule has 3 amide bonds. The van der Waals surface area contributed by atoms with Crippen molar-refractivity contribution in [2.24, 2.45) is 0 Å². The molecule has 1 aromatic heterocycles. The Morgan fingerprint density at radius 2 is 2.09 bits per heavy atom. The molecule has 0 saturated carbocycles. The fraction of sp³-hybridized carbons (Fsp3) is 0.615. The summed E-state index contributed by atoms with van der Waals surface area (Å²) in [7, 11) is 0. The molecule has 1 atom stereocenters. The summed E-state index contributed by atoms with van der Waals surface area (Å²) >= 11 is 0. The van der Waals surface area contributed by atoms with Crippen molar-refractivity contribution in [3.63, 3.8) is 0 Å².